The maximum absolute atomic E-state index is 12.0. The van der Waals surface area contributed by atoms with E-state index < -0.39 is 18.4 Å². The fraction of sp³-hybridized carbons (Fsp3) is 0.167. The van der Waals surface area contributed by atoms with Crippen LogP contribution in [-0.4, -0.2) is 40.1 Å². The highest BCUT2D eigenvalue weighted by Crippen LogP contribution is 2.23. The number of hydrogen-bond acceptors (Lipinski definition) is 3. The van der Waals surface area contributed by atoms with Gasteiger partial charge in [-0.2, -0.15) is 0 Å². The Morgan fingerprint density at radius 2 is 2.11 bits per heavy atom. The number of carbonyl (C=O) groups excluding carboxylic acids is 1. The van der Waals surface area contributed by atoms with Crippen LogP contribution in [0.1, 0.15) is 10.4 Å². The predicted molar refractivity (Wildman–Crippen MR) is 65.5 cm³/mol. The van der Waals surface area contributed by atoms with Crippen LogP contribution in [0.2, 0.25) is 5.02 Å². The summed E-state index contributed by atoms with van der Waals surface area (Å²) in [5.74, 6) is 0.0188. The average molecular weight is 268 g/mol. The van der Waals surface area contributed by atoms with E-state index >= 15 is 0 Å². The highest BCUT2D eigenvalue weighted by atomic mass is 35.5. The van der Waals surface area contributed by atoms with Crippen molar-refractivity contribution in [3.63, 3.8) is 0 Å². The van der Waals surface area contributed by atoms with Crippen molar-refractivity contribution in [2.24, 2.45) is 0 Å². The molecule has 0 aromatic heterocycles. The Balaban J connectivity index is 3.02. The van der Waals surface area contributed by atoms with E-state index in [1.807, 2.05) is 0 Å². The molecule has 0 atom stereocenters. The number of aromatic hydroxyl groups is 1. The Hall–Kier alpha value is -2.19. The third kappa shape index (κ3) is 3.40. The molecule has 0 saturated carbocycles. The van der Waals surface area contributed by atoms with Gasteiger partial charge in [-0.3, -0.25) is 9.59 Å². The smallest absolute Gasteiger partial charge is 0.323 e. The molecular formula is C12H10ClNO4. The minimum atomic E-state index is -1.19. The number of terminal acetylenes is 1. The second-order valence-corrected chi connectivity index (χ2v) is 3.86. The molecule has 1 aromatic carbocycles. The Labute approximate surface area is 109 Å². The van der Waals surface area contributed by atoms with Crippen molar-refractivity contribution in [3.8, 4) is 18.1 Å². The highest BCUT2D eigenvalue weighted by Gasteiger charge is 2.20. The molecule has 94 valence electrons. The van der Waals surface area contributed by atoms with Gasteiger partial charge in [-0.05, 0) is 18.2 Å². The largest absolute Gasteiger partial charge is 0.507 e. The highest BCUT2D eigenvalue weighted by molar-refractivity contribution is 6.30. The molecule has 0 aliphatic carbocycles. The number of amides is 1. The average Bonchev–Trinajstić information content (AvgIpc) is 2.27. The van der Waals surface area contributed by atoms with Gasteiger partial charge >= 0.3 is 5.97 Å². The molecule has 0 aliphatic heterocycles. The molecule has 0 radical (unpaired) electrons. The number of rotatable bonds is 4. The second-order valence-electron chi connectivity index (χ2n) is 3.42. The molecule has 2 N–H and O–H groups in total. The number of carboxylic acids is 1. The molecule has 1 rings (SSSR count). The van der Waals surface area contributed by atoms with Crippen molar-refractivity contribution in [3.05, 3.63) is 28.8 Å². The van der Waals surface area contributed by atoms with Gasteiger partial charge in [0.05, 0.1) is 12.1 Å². The van der Waals surface area contributed by atoms with Gasteiger partial charge in [0, 0.05) is 5.02 Å². The van der Waals surface area contributed by atoms with E-state index in [-0.39, 0.29) is 22.9 Å². The van der Waals surface area contributed by atoms with Crippen LogP contribution in [0, 0.1) is 12.3 Å². The fourth-order valence-corrected chi connectivity index (χ4v) is 1.50. The monoisotopic (exact) mass is 267 g/mol. The molecule has 18 heavy (non-hydrogen) atoms. The minimum absolute atomic E-state index is 0.0455. The lowest BCUT2D eigenvalue weighted by Gasteiger charge is -2.18. The standard InChI is InChI=1S/C12H10ClNO4/c1-2-5-14(7-11(16)17)12(18)9-4-3-8(13)6-10(9)15/h1,3-4,6,15H,5,7H2,(H,16,17). The summed E-state index contributed by atoms with van der Waals surface area (Å²) in [5, 5.41) is 18.5. The lowest BCUT2D eigenvalue weighted by atomic mass is 10.1. The van der Waals surface area contributed by atoms with E-state index in [2.05, 4.69) is 5.92 Å². The van der Waals surface area contributed by atoms with Crippen molar-refractivity contribution in [1.82, 2.24) is 4.90 Å². The Kier molecular flexibility index (Phi) is 4.58. The van der Waals surface area contributed by atoms with Crippen LogP contribution in [0.3, 0.4) is 0 Å². The number of benzene rings is 1. The number of halogens is 1. The first-order chi connectivity index (χ1) is 8.45. The lowest BCUT2D eigenvalue weighted by molar-refractivity contribution is -0.137. The van der Waals surface area contributed by atoms with Crippen LogP contribution in [0.5, 0.6) is 5.75 Å². The molecule has 1 amide bonds. The van der Waals surface area contributed by atoms with Gasteiger partial charge < -0.3 is 15.1 Å². The van der Waals surface area contributed by atoms with Gasteiger partial charge in [-0.25, -0.2) is 0 Å². The first-order valence-corrected chi connectivity index (χ1v) is 5.26. The van der Waals surface area contributed by atoms with Crippen LogP contribution in [0.25, 0.3) is 0 Å². The topological polar surface area (TPSA) is 77.8 Å². The van der Waals surface area contributed by atoms with E-state index in [0.717, 1.165) is 4.90 Å². The SMILES string of the molecule is C#CCN(CC(=O)O)C(=O)c1ccc(Cl)cc1O. The zero-order chi connectivity index (χ0) is 13.7. The van der Waals surface area contributed by atoms with E-state index in [1.165, 1.54) is 18.2 Å². The Bertz CT molecular complexity index is 521. The van der Waals surface area contributed by atoms with Crippen molar-refractivity contribution in [1.29, 1.82) is 0 Å². The summed E-state index contributed by atoms with van der Waals surface area (Å²) in [7, 11) is 0. The quantitative estimate of drug-likeness (QED) is 0.804. The van der Waals surface area contributed by atoms with Gasteiger partial charge in [-0.1, -0.05) is 17.5 Å². The second kappa shape index (κ2) is 5.94. The number of carboxylic acid groups (broad SMARTS) is 1. The molecule has 0 bridgehead atoms. The summed E-state index contributed by atoms with van der Waals surface area (Å²) in [6.45, 7) is -0.696. The molecule has 0 saturated heterocycles. The molecule has 0 fully saturated rings. The number of phenols is 1. The molecule has 0 heterocycles. The fourth-order valence-electron chi connectivity index (χ4n) is 1.33. The summed E-state index contributed by atoms with van der Waals surface area (Å²) >= 11 is 5.64. The van der Waals surface area contributed by atoms with Crippen molar-refractivity contribution < 1.29 is 19.8 Å². The number of carbonyl (C=O) groups is 2. The lowest BCUT2D eigenvalue weighted by Crippen LogP contribution is -2.36. The Morgan fingerprint density at radius 3 is 2.61 bits per heavy atom. The number of phenolic OH excluding ortho intramolecular Hbond substituents is 1. The number of hydrogen-bond donors (Lipinski definition) is 2. The zero-order valence-electron chi connectivity index (χ0n) is 9.26. The molecule has 0 unspecified atom stereocenters. The van der Waals surface area contributed by atoms with E-state index in [1.54, 1.807) is 0 Å². The molecule has 6 heteroatoms. The summed E-state index contributed by atoms with van der Waals surface area (Å²) in [5.41, 5.74) is -0.0455. The van der Waals surface area contributed by atoms with Gasteiger partial charge in [0.15, 0.2) is 0 Å². The minimum Gasteiger partial charge on any atom is -0.507 e. The van der Waals surface area contributed by atoms with Crippen LogP contribution in [0.15, 0.2) is 18.2 Å². The normalized spacial score (nSPS) is 9.56. The molecular weight excluding hydrogens is 258 g/mol. The van der Waals surface area contributed by atoms with Crippen LogP contribution >= 0.6 is 11.6 Å². The van der Waals surface area contributed by atoms with Crippen LogP contribution in [-0.2, 0) is 4.79 Å². The summed E-state index contributed by atoms with van der Waals surface area (Å²) in [6.07, 6.45) is 5.06. The number of aliphatic carboxylic acids is 1. The summed E-state index contributed by atoms with van der Waals surface area (Å²) in [6, 6.07) is 3.93. The van der Waals surface area contributed by atoms with E-state index in [9.17, 15) is 14.7 Å². The molecule has 5 nitrogen and oxygen atoms in total. The van der Waals surface area contributed by atoms with E-state index in [4.69, 9.17) is 23.1 Å². The van der Waals surface area contributed by atoms with Gasteiger partial charge in [0.2, 0.25) is 0 Å². The van der Waals surface area contributed by atoms with Gasteiger partial charge in [0.1, 0.15) is 12.3 Å². The van der Waals surface area contributed by atoms with E-state index in [0.29, 0.717) is 0 Å². The van der Waals surface area contributed by atoms with Gasteiger partial charge in [0.25, 0.3) is 5.91 Å². The summed E-state index contributed by atoms with van der Waals surface area (Å²) in [4.78, 5) is 23.5. The third-order valence-electron chi connectivity index (χ3n) is 2.09. The number of nitrogens with zero attached hydrogens (tertiary/aromatic N) is 1. The van der Waals surface area contributed by atoms with Crippen LogP contribution < -0.4 is 0 Å². The molecule has 0 aliphatic rings. The van der Waals surface area contributed by atoms with Crippen molar-refractivity contribution in [2.75, 3.05) is 13.1 Å². The summed E-state index contributed by atoms with van der Waals surface area (Å²) < 4.78 is 0. The third-order valence-corrected chi connectivity index (χ3v) is 2.32. The molecule has 1 aromatic rings. The Morgan fingerprint density at radius 1 is 1.44 bits per heavy atom. The first-order valence-electron chi connectivity index (χ1n) is 4.88. The van der Waals surface area contributed by atoms with Crippen molar-refractivity contribution >= 4 is 23.5 Å². The first kappa shape index (κ1) is 13.9. The van der Waals surface area contributed by atoms with Crippen LogP contribution in [0.4, 0.5) is 0 Å². The van der Waals surface area contributed by atoms with Crippen molar-refractivity contribution in [2.45, 2.75) is 0 Å². The maximum atomic E-state index is 12.0. The van der Waals surface area contributed by atoms with Gasteiger partial charge in [-0.15, -0.1) is 6.42 Å². The maximum Gasteiger partial charge on any atom is 0.323 e. The zero-order valence-corrected chi connectivity index (χ0v) is 10.0. The predicted octanol–water partition coefficient (Wildman–Crippen LogP) is 1.21. The molecule has 0 spiro atoms.